The van der Waals surface area contributed by atoms with Crippen molar-refractivity contribution in [1.29, 1.82) is 0 Å². The molecule has 2 rings (SSSR count). The lowest BCUT2D eigenvalue weighted by Gasteiger charge is -2.06. The first-order valence-electron chi connectivity index (χ1n) is 4.75. The van der Waals surface area contributed by atoms with Crippen LogP contribution >= 0.6 is 0 Å². The van der Waals surface area contributed by atoms with E-state index in [1.165, 1.54) is 32.4 Å². The Labute approximate surface area is 96.2 Å². The van der Waals surface area contributed by atoms with Gasteiger partial charge in [-0.1, -0.05) is 0 Å². The van der Waals surface area contributed by atoms with E-state index in [0.29, 0.717) is 16.7 Å². The van der Waals surface area contributed by atoms with Crippen molar-refractivity contribution >= 4 is 16.9 Å². The lowest BCUT2D eigenvalue weighted by atomic mass is 10.1. The van der Waals surface area contributed by atoms with Crippen LogP contribution in [-0.2, 0) is 4.74 Å². The zero-order valence-electron chi connectivity index (χ0n) is 9.23. The Kier molecular flexibility index (Phi) is 2.86. The molecule has 0 unspecified atom stereocenters. The summed E-state index contributed by atoms with van der Waals surface area (Å²) in [7, 11) is 2.70. The molecule has 1 heterocycles. The van der Waals surface area contributed by atoms with Crippen molar-refractivity contribution in [3.63, 3.8) is 0 Å². The van der Waals surface area contributed by atoms with Gasteiger partial charge < -0.3 is 9.47 Å². The molecular formula is C11H9FN2O3. The minimum Gasteiger partial charge on any atom is -0.494 e. The van der Waals surface area contributed by atoms with E-state index in [9.17, 15) is 9.18 Å². The van der Waals surface area contributed by atoms with Crippen LogP contribution < -0.4 is 4.74 Å². The van der Waals surface area contributed by atoms with Gasteiger partial charge in [0.05, 0.1) is 19.8 Å². The fourth-order valence-corrected chi connectivity index (χ4v) is 1.49. The average molecular weight is 236 g/mol. The van der Waals surface area contributed by atoms with Crippen molar-refractivity contribution in [2.45, 2.75) is 0 Å². The third kappa shape index (κ3) is 2.01. The van der Waals surface area contributed by atoms with Crippen molar-refractivity contribution in [3.8, 4) is 5.75 Å². The molecule has 0 amide bonds. The van der Waals surface area contributed by atoms with Crippen LogP contribution in [0.4, 0.5) is 4.39 Å². The van der Waals surface area contributed by atoms with Crippen LogP contribution in [0, 0.1) is 5.95 Å². The number of halogens is 1. The molecule has 6 heteroatoms. The first-order chi connectivity index (χ1) is 8.15. The maximum atomic E-state index is 13.0. The summed E-state index contributed by atoms with van der Waals surface area (Å²) in [6.07, 6.45) is 0. The number of carbonyl (C=O) groups is 1. The summed E-state index contributed by atoms with van der Waals surface area (Å²) in [5.41, 5.74) is 0.658. The number of benzene rings is 1. The Morgan fingerprint density at radius 1 is 1.24 bits per heavy atom. The van der Waals surface area contributed by atoms with Gasteiger partial charge in [0.15, 0.2) is 0 Å². The van der Waals surface area contributed by atoms with E-state index in [-0.39, 0.29) is 5.56 Å². The SMILES string of the molecule is COC(=O)c1cc(OC)c2nnc(F)cc2c1. The molecular weight excluding hydrogens is 227 g/mol. The van der Waals surface area contributed by atoms with E-state index in [1.54, 1.807) is 0 Å². The third-order valence-electron chi connectivity index (χ3n) is 2.27. The molecule has 2 aromatic rings. The summed E-state index contributed by atoms with van der Waals surface area (Å²) in [4.78, 5) is 11.4. The molecule has 17 heavy (non-hydrogen) atoms. The highest BCUT2D eigenvalue weighted by molar-refractivity contribution is 5.96. The largest absolute Gasteiger partial charge is 0.494 e. The van der Waals surface area contributed by atoms with Gasteiger partial charge in [0.25, 0.3) is 0 Å². The van der Waals surface area contributed by atoms with Crippen LogP contribution in [0.5, 0.6) is 5.75 Å². The molecule has 88 valence electrons. The predicted molar refractivity (Wildman–Crippen MR) is 57.4 cm³/mol. The van der Waals surface area contributed by atoms with E-state index >= 15 is 0 Å². The quantitative estimate of drug-likeness (QED) is 0.740. The lowest BCUT2D eigenvalue weighted by Crippen LogP contribution is -2.03. The Morgan fingerprint density at radius 3 is 2.65 bits per heavy atom. The molecule has 0 fully saturated rings. The minimum atomic E-state index is -0.721. The number of esters is 1. The topological polar surface area (TPSA) is 61.3 Å². The summed E-state index contributed by atoms with van der Waals surface area (Å²) < 4.78 is 22.6. The van der Waals surface area contributed by atoms with E-state index in [0.717, 1.165) is 0 Å². The van der Waals surface area contributed by atoms with Gasteiger partial charge in [0, 0.05) is 11.5 Å². The van der Waals surface area contributed by atoms with Gasteiger partial charge in [0.1, 0.15) is 11.3 Å². The fraction of sp³-hybridized carbons (Fsp3) is 0.182. The molecule has 0 spiro atoms. The van der Waals surface area contributed by atoms with E-state index in [4.69, 9.17) is 4.74 Å². The molecule has 0 saturated carbocycles. The Morgan fingerprint density at radius 2 is 2.00 bits per heavy atom. The standard InChI is InChI=1S/C11H9FN2O3/c1-16-8-4-7(11(15)17-2)3-6-5-9(12)13-14-10(6)8/h3-5H,1-2H3. The molecule has 0 atom stereocenters. The van der Waals surface area contributed by atoms with Crippen molar-refractivity contribution in [2.24, 2.45) is 0 Å². The van der Waals surface area contributed by atoms with Gasteiger partial charge in [0.2, 0.25) is 5.95 Å². The second kappa shape index (κ2) is 4.32. The van der Waals surface area contributed by atoms with Crippen LogP contribution in [0.2, 0.25) is 0 Å². The highest BCUT2D eigenvalue weighted by Gasteiger charge is 2.12. The number of ether oxygens (including phenoxy) is 2. The molecule has 0 N–H and O–H groups in total. The molecule has 0 aliphatic rings. The summed E-state index contributed by atoms with van der Waals surface area (Å²) in [5, 5.41) is 7.40. The monoisotopic (exact) mass is 236 g/mol. The molecule has 0 aliphatic heterocycles. The van der Waals surface area contributed by atoms with Crippen LogP contribution in [0.1, 0.15) is 10.4 Å². The van der Waals surface area contributed by atoms with Crippen LogP contribution in [0.15, 0.2) is 18.2 Å². The van der Waals surface area contributed by atoms with E-state index < -0.39 is 11.9 Å². The number of aromatic nitrogens is 2. The lowest BCUT2D eigenvalue weighted by molar-refractivity contribution is 0.0600. The third-order valence-corrected chi connectivity index (χ3v) is 2.27. The predicted octanol–water partition coefficient (Wildman–Crippen LogP) is 1.56. The molecule has 1 aromatic carbocycles. The highest BCUT2D eigenvalue weighted by atomic mass is 19.1. The Bertz CT molecular complexity index is 586. The second-order valence-corrected chi connectivity index (χ2v) is 3.27. The van der Waals surface area contributed by atoms with Crippen molar-refractivity contribution in [3.05, 3.63) is 29.7 Å². The van der Waals surface area contributed by atoms with Gasteiger partial charge in [-0.25, -0.2) is 4.79 Å². The number of methoxy groups -OCH3 is 2. The van der Waals surface area contributed by atoms with E-state index in [1.807, 2.05) is 0 Å². The maximum Gasteiger partial charge on any atom is 0.338 e. The zero-order valence-corrected chi connectivity index (χ0v) is 9.23. The number of hydrogen-bond acceptors (Lipinski definition) is 5. The molecule has 5 nitrogen and oxygen atoms in total. The Balaban J connectivity index is 2.71. The smallest absolute Gasteiger partial charge is 0.338 e. The van der Waals surface area contributed by atoms with Gasteiger partial charge in [-0.3, -0.25) is 0 Å². The van der Waals surface area contributed by atoms with Crippen LogP contribution in [0.3, 0.4) is 0 Å². The summed E-state index contributed by atoms with van der Waals surface area (Å²) in [6, 6.07) is 4.12. The average Bonchev–Trinajstić information content (AvgIpc) is 2.35. The van der Waals surface area contributed by atoms with Crippen LogP contribution in [-0.4, -0.2) is 30.4 Å². The molecule has 0 saturated heterocycles. The second-order valence-electron chi connectivity index (χ2n) is 3.27. The van der Waals surface area contributed by atoms with E-state index in [2.05, 4.69) is 14.9 Å². The summed E-state index contributed by atoms with van der Waals surface area (Å²) >= 11 is 0. The maximum absolute atomic E-state index is 13.0. The normalized spacial score (nSPS) is 10.3. The first kappa shape index (κ1) is 11.3. The molecule has 0 radical (unpaired) electrons. The van der Waals surface area contributed by atoms with Gasteiger partial charge in [-0.15, -0.1) is 10.2 Å². The minimum absolute atomic E-state index is 0.268. The molecule has 0 aliphatic carbocycles. The summed E-state index contributed by atoms with van der Waals surface area (Å²) in [5.74, 6) is -0.903. The van der Waals surface area contributed by atoms with Crippen molar-refractivity contribution in [2.75, 3.05) is 14.2 Å². The zero-order chi connectivity index (χ0) is 12.4. The van der Waals surface area contributed by atoms with Gasteiger partial charge in [-0.05, 0) is 12.1 Å². The highest BCUT2D eigenvalue weighted by Crippen LogP contribution is 2.25. The number of rotatable bonds is 2. The molecule has 0 bridgehead atoms. The molecule has 1 aromatic heterocycles. The number of hydrogen-bond donors (Lipinski definition) is 0. The number of fused-ring (bicyclic) bond motifs is 1. The van der Waals surface area contributed by atoms with Gasteiger partial charge in [-0.2, -0.15) is 4.39 Å². The number of nitrogens with zero attached hydrogens (tertiary/aromatic N) is 2. The van der Waals surface area contributed by atoms with Gasteiger partial charge >= 0.3 is 5.97 Å². The fourth-order valence-electron chi connectivity index (χ4n) is 1.49. The van der Waals surface area contributed by atoms with Crippen molar-refractivity contribution in [1.82, 2.24) is 10.2 Å². The first-order valence-corrected chi connectivity index (χ1v) is 4.75. The van der Waals surface area contributed by atoms with Crippen molar-refractivity contribution < 1.29 is 18.7 Å². The van der Waals surface area contributed by atoms with Crippen LogP contribution in [0.25, 0.3) is 10.9 Å². The number of carbonyl (C=O) groups excluding carboxylic acids is 1. The summed E-state index contributed by atoms with van der Waals surface area (Å²) in [6.45, 7) is 0. The Hall–Kier alpha value is -2.24.